The number of Topliss-reactive ketones (excluding diaryl/α,β-unsaturated/α-hetero) is 1. The van der Waals surface area contributed by atoms with Crippen LogP contribution in [0.5, 0.6) is 5.75 Å². The topological polar surface area (TPSA) is 89.2 Å². The molecule has 3 heterocycles. The lowest BCUT2D eigenvalue weighted by molar-refractivity contribution is -0.131. The molecule has 176 valence electrons. The van der Waals surface area contributed by atoms with E-state index in [4.69, 9.17) is 13.9 Å². The van der Waals surface area contributed by atoms with Gasteiger partial charge in [-0.15, -0.1) is 0 Å². The van der Waals surface area contributed by atoms with Gasteiger partial charge in [0.05, 0.1) is 24.3 Å². The van der Waals surface area contributed by atoms with Gasteiger partial charge in [0.25, 0.3) is 5.91 Å². The highest BCUT2D eigenvalue weighted by molar-refractivity contribution is 9.10. The molecular weight excluding hydrogens is 502 g/mol. The standard InChI is InChI=1S/C26H24BrNO6/c1-2-32-18-6-3-5-15(12-18)23-22(25(30)26(31)28(23)14-19-7-4-10-33-19)24(29)21-13-16-11-17(27)8-9-20(16)34-21/h3,5-6,8-9,11-13,19,23,30H,2,4,7,10,14H2,1H3. The summed E-state index contributed by atoms with van der Waals surface area (Å²) in [4.78, 5) is 28.4. The molecule has 0 spiro atoms. The van der Waals surface area contributed by atoms with Gasteiger partial charge in [-0.05, 0) is 61.7 Å². The molecule has 34 heavy (non-hydrogen) atoms. The van der Waals surface area contributed by atoms with Gasteiger partial charge < -0.3 is 23.9 Å². The van der Waals surface area contributed by atoms with Gasteiger partial charge >= 0.3 is 0 Å². The fourth-order valence-electron chi connectivity index (χ4n) is 4.63. The molecule has 1 amide bonds. The summed E-state index contributed by atoms with van der Waals surface area (Å²) in [5, 5.41) is 11.6. The number of ether oxygens (including phenoxy) is 2. The minimum Gasteiger partial charge on any atom is -0.503 e. The number of fused-ring (bicyclic) bond motifs is 1. The van der Waals surface area contributed by atoms with Crippen molar-refractivity contribution in [3.63, 3.8) is 0 Å². The van der Waals surface area contributed by atoms with E-state index in [0.29, 0.717) is 30.1 Å². The van der Waals surface area contributed by atoms with Gasteiger partial charge in [-0.25, -0.2) is 0 Å². The van der Waals surface area contributed by atoms with Gasteiger partial charge in [-0.1, -0.05) is 28.1 Å². The zero-order valence-corrected chi connectivity index (χ0v) is 20.2. The lowest BCUT2D eigenvalue weighted by Crippen LogP contribution is -2.37. The number of aliphatic hydroxyl groups excluding tert-OH is 1. The summed E-state index contributed by atoms with van der Waals surface area (Å²) in [7, 11) is 0. The third-order valence-corrected chi connectivity index (χ3v) is 6.65. The maximum Gasteiger partial charge on any atom is 0.290 e. The zero-order chi connectivity index (χ0) is 23.8. The number of halogens is 1. The summed E-state index contributed by atoms with van der Waals surface area (Å²) in [6.07, 6.45) is 1.59. The second-order valence-corrected chi connectivity index (χ2v) is 9.30. The molecule has 0 saturated carbocycles. The fraction of sp³-hybridized carbons (Fsp3) is 0.308. The number of hydrogen-bond acceptors (Lipinski definition) is 6. The van der Waals surface area contributed by atoms with Gasteiger partial charge in [0.1, 0.15) is 11.3 Å². The Balaban J connectivity index is 1.57. The Morgan fingerprint density at radius 1 is 1.24 bits per heavy atom. The predicted octanol–water partition coefficient (Wildman–Crippen LogP) is 5.35. The van der Waals surface area contributed by atoms with Gasteiger partial charge in [-0.3, -0.25) is 9.59 Å². The molecule has 2 unspecified atom stereocenters. The Morgan fingerprint density at radius 3 is 2.85 bits per heavy atom. The van der Waals surface area contributed by atoms with E-state index in [9.17, 15) is 14.7 Å². The average molecular weight is 526 g/mol. The molecule has 1 aromatic heterocycles. The Labute approximate surface area is 205 Å². The summed E-state index contributed by atoms with van der Waals surface area (Å²) in [5.41, 5.74) is 1.21. The monoisotopic (exact) mass is 525 g/mol. The van der Waals surface area contributed by atoms with Crippen molar-refractivity contribution < 1.29 is 28.6 Å². The third kappa shape index (κ3) is 4.12. The Bertz CT molecular complexity index is 1290. The number of ketones is 1. The normalized spacial score (nSPS) is 20.5. The highest BCUT2D eigenvalue weighted by Gasteiger charge is 2.45. The Kier molecular flexibility index (Phi) is 6.18. The van der Waals surface area contributed by atoms with Crippen LogP contribution in [0.4, 0.5) is 0 Å². The maximum absolute atomic E-state index is 13.7. The SMILES string of the molecule is CCOc1cccc(C2C(C(=O)c3cc4cc(Br)ccc4o3)=C(O)C(=O)N2CC2CCCO2)c1. The van der Waals surface area contributed by atoms with Crippen LogP contribution < -0.4 is 4.74 Å². The number of aliphatic hydroxyl groups is 1. The van der Waals surface area contributed by atoms with Gasteiger partial charge in [-0.2, -0.15) is 0 Å². The molecule has 3 aromatic rings. The smallest absolute Gasteiger partial charge is 0.290 e. The highest BCUT2D eigenvalue weighted by atomic mass is 79.9. The van der Waals surface area contributed by atoms with Crippen LogP contribution in [0.2, 0.25) is 0 Å². The molecule has 7 nitrogen and oxygen atoms in total. The van der Waals surface area contributed by atoms with E-state index in [1.54, 1.807) is 18.2 Å². The predicted molar refractivity (Wildman–Crippen MR) is 129 cm³/mol. The van der Waals surface area contributed by atoms with E-state index in [1.807, 2.05) is 37.3 Å². The largest absolute Gasteiger partial charge is 0.503 e. The lowest BCUT2D eigenvalue weighted by Gasteiger charge is -2.29. The zero-order valence-electron chi connectivity index (χ0n) is 18.6. The lowest BCUT2D eigenvalue weighted by atomic mass is 9.94. The van der Waals surface area contributed by atoms with Crippen molar-refractivity contribution in [2.24, 2.45) is 0 Å². The molecule has 1 saturated heterocycles. The van der Waals surface area contributed by atoms with Gasteiger partial charge in [0, 0.05) is 23.0 Å². The molecule has 5 rings (SSSR count). The van der Waals surface area contributed by atoms with Crippen LogP contribution in [0, 0.1) is 0 Å². The van der Waals surface area contributed by atoms with E-state index in [-0.39, 0.29) is 24.0 Å². The second kappa shape index (κ2) is 9.27. The summed E-state index contributed by atoms with van der Waals surface area (Å²) < 4.78 is 18.0. The van der Waals surface area contributed by atoms with Crippen molar-refractivity contribution in [3.8, 4) is 5.75 Å². The maximum atomic E-state index is 13.7. The van der Waals surface area contributed by atoms with E-state index in [1.165, 1.54) is 4.90 Å². The first-order chi connectivity index (χ1) is 16.5. The fourth-order valence-corrected chi connectivity index (χ4v) is 5.01. The van der Waals surface area contributed by atoms with E-state index < -0.39 is 23.5 Å². The number of carbonyl (C=O) groups is 2. The van der Waals surface area contributed by atoms with Crippen LogP contribution in [-0.4, -0.2) is 47.6 Å². The van der Waals surface area contributed by atoms with Gasteiger partial charge in [0.2, 0.25) is 5.78 Å². The molecule has 1 N–H and O–H groups in total. The van der Waals surface area contributed by atoms with Crippen molar-refractivity contribution >= 4 is 38.6 Å². The van der Waals surface area contributed by atoms with Crippen molar-refractivity contribution in [1.82, 2.24) is 4.90 Å². The number of carbonyl (C=O) groups excluding carboxylic acids is 2. The van der Waals surface area contributed by atoms with Crippen molar-refractivity contribution in [1.29, 1.82) is 0 Å². The quantitative estimate of drug-likeness (QED) is 0.418. The summed E-state index contributed by atoms with van der Waals surface area (Å²) in [6.45, 7) is 3.28. The number of hydrogen-bond donors (Lipinski definition) is 1. The minimum absolute atomic E-state index is 0.00485. The molecule has 2 aliphatic rings. The molecular formula is C26H24BrNO6. The van der Waals surface area contributed by atoms with Crippen LogP contribution in [-0.2, 0) is 9.53 Å². The number of benzene rings is 2. The minimum atomic E-state index is -0.787. The van der Waals surface area contributed by atoms with E-state index in [0.717, 1.165) is 22.7 Å². The van der Waals surface area contributed by atoms with Crippen molar-refractivity contribution in [2.45, 2.75) is 31.9 Å². The molecule has 0 bridgehead atoms. The van der Waals surface area contributed by atoms with E-state index >= 15 is 0 Å². The summed E-state index contributed by atoms with van der Waals surface area (Å²) in [5.74, 6) is -0.996. The molecule has 2 aliphatic heterocycles. The number of nitrogens with zero attached hydrogens (tertiary/aromatic N) is 1. The Hall–Kier alpha value is -3.10. The van der Waals surface area contributed by atoms with Crippen LogP contribution in [0.15, 0.2) is 68.8 Å². The first-order valence-corrected chi connectivity index (χ1v) is 12.1. The van der Waals surface area contributed by atoms with Crippen molar-refractivity contribution in [3.05, 3.63) is 75.7 Å². The van der Waals surface area contributed by atoms with Gasteiger partial charge in [0.15, 0.2) is 11.5 Å². The van der Waals surface area contributed by atoms with E-state index in [2.05, 4.69) is 15.9 Å². The molecule has 0 aliphatic carbocycles. The second-order valence-electron chi connectivity index (χ2n) is 8.38. The number of furan rings is 1. The Morgan fingerprint density at radius 2 is 2.09 bits per heavy atom. The molecule has 0 radical (unpaired) electrons. The molecule has 1 fully saturated rings. The van der Waals surface area contributed by atoms with Crippen LogP contribution >= 0.6 is 15.9 Å². The number of rotatable bonds is 7. The molecule has 2 aromatic carbocycles. The van der Waals surface area contributed by atoms with Crippen molar-refractivity contribution in [2.75, 3.05) is 19.8 Å². The van der Waals surface area contributed by atoms with Crippen LogP contribution in [0.1, 0.15) is 41.9 Å². The molecule has 8 heteroatoms. The van der Waals surface area contributed by atoms with Crippen LogP contribution in [0.25, 0.3) is 11.0 Å². The first kappa shape index (κ1) is 22.7. The highest BCUT2D eigenvalue weighted by Crippen LogP contribution is 2.41. The van der Waals surface area contributed by atoms with Crippen LogP contribution in [0.3, 0.4) is 0 Å². The summed E-state index contributed by atoms with van der Waals surface area (Å²) >= 11 is 3.42. The number of amides is 1. The first-order valence-electron chi connectivity index (χ1n) is 11.3. The third-order valence-electron chi connectivity index (χ3n) is 6.16. The summed E-state index contributed by atoms with van der Waals surface area (Å²) in [6, 6.07) is 13.5. The average Bonchev–Trinajstić information content (AvgIpc) is 3.54. The molecule has 2 atom stereocenters.